The topological polar surface area (TPSA) is 101 Å². The number of hydrogen-bond donors (Lipinski definition) is 3. The summed E-state index contributed by atoms with van der Waals surface area (Å²) in [5, 5.41) is 3.81. The lowest BCUT2D eigenvalue weighted by Gasteiger charge is -2.04. The highest BCUT2D eigenvalue weighted by Gasteiger charge is 2.17. The molecule has 0 fully saturated rings. The maximum absolute atomic E-state index is 12.1. The molecule has 2 rings (SSSR count). The smallest absolute Gasteiger partial charge is 0.263 e. The van der Waals surface area contributed by atoms with Crippen molar-refractivity contribution in [2.24, 2.45) is 0 Å². The van der Waals surface area contributed by atoms with Crippen LogP contribution in [-0.2, 0) is 10.0 Å². The van der Waals surface area contributed by atoms with E-state index in [9.17, 15) is 13.2 Å². The average molecular weight is 348 g/mol. The molecular formula is C12H14ClN3O3S2. The maximum Gasteiger partial charge on any atom is 0.263 e. The van der Waals surface area contributed by atoms with E-state index in [-0.39, 0.29) is 12.3 Å². The molecule has 2 aromatic rings. The first-order chi connectivity index (χ1) is 9.84. The minimum absolute atomic E-state index is 0.0104. The van der Waals surface area contributed by atoms with Gasteiger partial charge in [0.15, 0.2) is 0 Å². The molecule has 1 aromatic heterocycles. The van der Waals surface area contributed by atoms with Crippen LogP contribution < -0.4 is 15.8 Å². The van der Waals surface area contributed by atoms with Crippen molar-refractivity contribution in [3.63, 3.8) is 0 Å². The number of benzene rings is 1. The van der Waals surface area contributed by atoms with Crippen LogP contribution in [0, 0.1) is 0 Å². The molecule has 0 aliphatic carbocycles. The number of rotatable bonds is 5. The number of hydrogen-bond acceptors (Lipinski definition) is 5. The monoisotopic (exact) mass is 347 g/mol. The summed E-state index contributed by atoms with van der Waals surface area (Å²) < 4.78 is 25.6. The van der Waals surface area contributed by atoms with Crippen molar-refractivity contribution in [2.45, 2.75) is 0 Å². The molecule has 1 amide bonds. The highest BCUT2D eigenvalue weighted by molar-refractivity contribution is 7.89. The first-order valence-electron chi connectivity index (χ1n) is 6.01. The van der Waals surface area contributed by atoms with Crippen LogP contribution in [0.25, 0.3) is 10.1 Å². The molecule has 4 N–H and O–H groups in total. The van der Waals surface area contributed by atoms with E-state index in [4.69, 9.17) is 17.3 Å². The fourth-order valence-corrected chi connectivity index (χ4v) is 3.51. The van der Waals surface area contributed by atoms with E-state index in [1.807, 2.05) is 0 Å². The third-order valence-electron chi connectivity index (χ3n) is 2.86. The lowest BCUT2D eigenvalue weighted by Crippen LogP contribution is -2.32. The Labute approximate surface area is 131 Å². The summed E-state index contributed by atoms with van der Waals surface area (Å²) in [6.45, 7) is 0.0104. The van der Waals surface area contributed by atoms with E-state index < -0.39 is 15.9 Å². The molecule has 1 heterocycles. The van der Waals surface area contributed by atoms with E-state index in [1.54, 1.807) is 18.2 Å². The third-order valence-corrected chi connectivity index (χ3v) is 5.65. The van der Waals surface area contributed by atoms with Crippen molar-refractivity contribution >= 4 is 54.6 Å². The maximum atomic E-state index is 12.1. The second-order valence-electron chi connectivity index (χ2n) is 4.26. The van der Waals surface area contributed by atoms with Crippen LogP contribution in [0.1, 0.15) is 9.67 Å². The predicted molar refractivity (Wildman–Crippen MR) is 86.4 cm³/mol. The highest BCUT2D eigenvalue weighted by Crippen LogP contribution is 2.35. The van der Waals surface area contributed by atoms with Gasteiger partial charge in [-0.05, 0) is 25.2 Å². The average Bonchev–Trinajstić information content (AvgIpc) is 2.76. The van der Waals surface area contributed by atoms with Gasteiger partial charge in [-0.15, -0.1) is 11.3 Å². The van der Waals surface area contributed by atoms with Crippen LogP contribution in [0.3, 0.4) is 0 Å². The van der Waals surface area contributed by atoms with Crippen molar-refractivity contribution in [3.05, 3.63) is 28.1 Å². The Kier molecular flexibility index (Phi) is 4.72. The molecule has 21 heavy (non-hydrogen) atoms. The van der Waals surface area contributed by atoms with Gasteiger partial charge < -0.3 is 11.1 Å². The molecular weight excluding hydrogens is 334 g/mol. The number of nitrogens with two attached hydrogens (primary N) is 1. The van der Waals surface area contributed by atoms with Gasteiger partial charge in [0, 0.05) is 21.7 Å². The lowest BCUT2D eigenvalue weighted by molar-refractivity contribution is 0.0961. The Hall–Kier alpha value is -1.35. The molecule has 0 unspecified atom stereocenters. The number of halogens is 1. The number of nitrogen functional groups attached to an aromatic ring is 1. The van der Waals surface area contributed by atoms with Crippen LogP contribution in [0.2, 0.25) is 5.02 Å². The SMILES string of the molecule is CNS(=O)(=O)CCNC(=O)c1sc2ccc(Cl)cc2c1N. The van der Waals surface area contributed by atoms with Gasteiger partial charge in [-0.3, -0.25) is 4.79 Å². The van der Waals surface area contributed by atoms with Gasteiger partial charge in [0.2, 0.25) is 10.0 Å². The molecule has 1 aromatic carbocycles. The summed E-state index contributed by atoms with van der Waals surface area (Å²) in [5.74, 6) is -0.581. The minimum Gasteiger partial charge on any atom is -0.397 e. The summed E-state index contributed by atoms with van der Waals surface area (Å²) in [5.41, 5.74) is 6.31. The van der Waals surface area contributed by atoms with Gasteiger partial charge in [0.1, 0.15) is 4.88 Å². The zero-order chi connectivity index (χ0) is 15.6. The first kappa shape index (κ1) is 16.0. The first-order valence-corrected chi connectivity index (χ1v) is 8.85. The normalized spacial score (nSPS) is 11.7. The van der Waals surface area contributed by atoms with Crippen molar-refractivity contribution in [1.29, 1.82) is 0 Å². The van der Waals surface area contributed by atoms with E-state index in [0.29, 0.717) is 15.6 Å². The van der Waals surface area contributed by atoms with Crippen molar-refractivity contribution in [3.8, 4) is 0 Å². The van der Waals surface area contributed by atoms with Crippen LogP contribution in [-0.4, -0.2) is 33.7 Å². The van der Waals surface area contributed by atoms with E-state index >= 15 is 0 Å². The Bertz CT molecular complexity index is 786. The zero-order valence-electron chi connectivity index (χ0n) is 11.1. The number of thiophene rings is 1. The molecule has 0 saturated heterocycles. The van der Waals surface area contributed by atoms with Gasteiger partial charge in [0.25, 0.3) is 5.91 Å². The van der Waals surface area contributed by atoms with Gasteiger partial charge in [0.05, 0.1) is 11.4 Å². The number of fused-ring (bicyclic) bond motifs is 1. The van der Waals surface area contributed by atoms with E-state index in [0.717, 1.165) is 10.1 Å². The van der Waals surface area contributed by atoms with Crippen molar-refractivity contribution in [1.82, 2.24) is 10.0 Å². The van der Waals surface area contributed by atoms with E-state index in [2.05, 4.69) is 10.0 Å². The number of nitrogens with one attached hydrogen (secondary N) is 2. The second kappa shape index (κ2) is 6.18. The molecule has 6 nitrogen and oxygen atoms in total. The molecule has 0 radical (unpaired) electrons. The summed E-state index contributed by atoms with van der Waals surface area (Å²) in [4.78, 5) is 12.4. The highest BCUT2D eigenvalue weighted by atomic mass is 35.5. The van der Waals surface area contributed by atoms with Gasteiger partial charge in [-0.25, -0.2) is 13.1 Å². The van der Waals surface area contributed by atoms with E-state index in [1.165, 1.54) is 18.4 Å². The molecule has 0 saturated carbocycles. The van der Waals surface area contributed by atoms with Crippen LogP contribution in [0.4, 0.5) is 5.69 Å². The zero-order valence-corrected chi connectivity index (χ0v) is 13.5. The number of sulfonamides is 1. The molecule has 0 spiro atoms. The van der Waals surface area contributed by atoms with Crippen LogP contribution in [0.5, 0.6) is 0 Å². The van der Waals surface area contributed by atoms with Gasteiger partial charge >= 0.3 is 0 Å². The second-order valence-corrected chi connectivity index (χ2v) is 7.80. The summed E-state index contributed by atoms with van der Waals surface area (Å²) in [6, 6.07) is 5.22. The Morgan fingerprint density at radius 3 is 2.81 bits per heavy atom. The molecule has 9 heteroatoms. The van der Waals surface area contributed by atoms with Crippen molar-refractivity contribution < 1.29 is 13.2 Å². The minimum atomic E-state index is -3.35. The van der Waals surface area contributed by atoms with Crippen LogP contribution >= 0.6 is 22.9 Å². The largest absolute Gasteiger partial charge is 0.397 e. The number of carbonyl (C=O) groups is 1. The number of anilines is 1. The molecule has 0 aliphatic heterocycles. The fraction of sp³-hybridized carbons (Fsp3) is 0.250. The third kappa shape index (κ3) is 3.65. The Morgan fingerprint density at radius 1 is 1.43 bits per heavy atom. The standard InChI is InChI=1S/C12H14ClN3O3S2/c1-15-21(18,19)5-4-16-12(17)11-10(14)8-6-7(13)2-3-9(8)20-11/h2-3,6,15H,4-5,14H2,1H3,(H,16,17). The Morgan fingerprint density at radius 2 is 2.14 bits per heavy atom. The Balaban J connectivity index is 2.15. The summed E-state index contributed by atoms with van der Waals surface area (Å²) in [7, 11) is -2.02. The molecule has 0 aliphatic rings. The number of carbonyl (C=O) groups excluding carboxylic acids is 1. The van der Waals surface area contributed by atoms with Crippen molar-refractivity contribution in [2.75, 3.05) is 25.1 Å². The van der Waals surface area contributed by atoms with Crippen LogP contribution in [0.15, 0.2) is 18.2 Å². The molecule has 0 atom stereocenters. The predicted octanol–water partition coefficient (Wildman–Crippen LogP) is 1.42. The quantitative estimate of drug-likeness (QED) is 0.761. The fourth-order valence-electron chi connectivity index (χ4n) is 1.74. The summed E-state index contributed by atoms with van der Waals surface area (Å²) >= 11 is 7.15. The van der Waals surface area contributed by atoms with Gasteiger partial charge in [-0.2, -0.15) is 0 Å². The summed E-state index contributed by atoms with van der Waals surface area (Å²) in [6.07, 6.45) is 0. The van der Waals surface area contributed by atoms with Gasteiger partial charge in [-0.1, -0.05) is 11.6 Å². The lowest BCUT2D eigenvalue weighted by atomic mass is 10.2. The molecule has 114 valence electrons. The molecule has 0 bridgehead atoms. The number of amides is 1.